The normalized spacial score (nSPS) is 14.1. The Morgan fingerprint density at radius 2 is 2.24 bits per heavy atom. The van der Waals surface area contributed by atoms with E-state index < -0.39 is 0 Å². The molecule has 1 aliphatic heterocycles. The monoisotopic (exact) mass is 311 g/mol. The van der Waals surface area contributed by atoms with Gasteiger partial charge in [-0.05, 0) is 51.5 Å². The Morgan fingerprint density at radius 3 is 3.00 bits per heavy atom. The van der Waals surface area contributed by atoms with Crippen molar-refractivity contribution in [2.75, 3.05) is 11.4 Å². The largest absolute Gasteiger partial charge is 0.366 e. The van der Waals surface area contributed by atoms with E-state index in [4.69, 9.17) is 0 Å². The zero-order valence-electron chi connectivity index (χ0n) is 9.12. The Balaban J connectivity index is 1.89. The van der Waals surface area contributed by atoms with Gasteiger partial charge in [0.1, 0.15) is 5.82 Å². The second kappa shape index (κ2) is 4.42. The van der Waals surface area contributed by atoms with Crippen LogP contribution >= 0.6 is 27.3 Å². The molecule has 0 N–H and O–H groups in total. The van der Waals surface area contributed by atoms with Crippen LogP contribution in [-0.2, 0) is 13.0 Å². The molecule has 1 nitrogen and oxygen atoms in total. The molecule has 0 spiro atoms. The summed E-state index contributed by atoms with van der Waals surface area (Å²) in [7, 11) is 0. The molecule has 3 rings (SSSR count). The molecule has 88 valence electrons. The van der Waals surface area contributed by atoms with Crippen molar-refractivity contribution in [2.24, 2.45) is 0 Å². The predicted molar refractivity (Wildman–Crippen MR) is 73.2 cm³/mol. The first kappa shape index (κ1) is 11.2. The molecule has 1 aromatic heterocycles. The van der Waals surface area contributed by atoms with E-state index in [2.05, 4.69) is 32.3 Å². The van der Waals surface area contributed by atoms with Gasteiger partial charge in [0.25, 0.3) is 0 Å². The van der Waals surface area contributed by atoms with Gasteiger partial charge in [-0.3, -0.25) is 0 Å². The molecule has 0 unspecified atom stereocenters. The van der Waals surface area contributed by atoms with E-state index in [0.29, 0.717) is 0 Å². The number of thiophene rings is 1. The van der Waals surface area contributed by atoms with Gasteiger partial charge >= 0.3 is 0 Å². The lowest BCUT2D eigenvalue weighted by Crippen LogP contribution is -2.19. The predicted octanol–water partition coefficient (Wildman–Crippen LogP) is 4.21. The van der Waals surface area contributed by atoms with Gasteiger partial charge in [0.2, 0.25) is 0 Å². The highest BCUT2D eigenvalue weighted by Gasteiger charge is 2.20. The molecular weight excluding hydrogens is 301 g/mol. The van der Waals surface area contributed by atoms with Gasteiger partial charge in [0, 0.05) is 21.6 Å². The molecule has 1 aromatic carbocycles. The summed E-state index contributed by atoms with van der Waals surface area (Å²) in [5, 5.41) is 2.07. The number of benzene rings is 1. The van der Waals surface area contributed by atoms with Crippen molar-refractivity contribution in [1.29, 1.82) is 0 Å². The summed E-state index contributed by atoms with van der Waals surface area (Å²) in [5.74, 6) is -0.152. The van der Waals surface area contributed by atoms with Gasteiger partial charge in [0.15, 0.2) is 0 Å². The van der Waals surface area contributed by atoms with Crippen LogP contribution < -0.4 is 4.90 Å². The molecule has 0 saturated carbocycles. The van der Waals surface area contributed by atoms with Crippen LogP contribution in [0.4, 0.5) is 10.1 Å². The van der Waals surface area contributed by atoms with Gasteiger partial charge in [-0.1, -0.05) is 6.07 Å². The minimum Gasteiger partial charge on any atom is -0.366 e. The highest BCUT2D eigenvalue weighted by Crippen LogP contribution is 2.32. The topological polar surface area (TPSA) is 3.24 Å². The van der Waals surface area contributed by atoms with E-state index in [9.17, 15) is 4.39 Å². The first-order valence-corrected chi connectivity index (χ1v) is 7.16. The highest BCUT2D eigenvalue weighted by molar-refractivity contribution is 9.10. The van der Waals surface area contributed by atoms with E-state index in [1.807, 2.05) is 6.07 Å². The van der Waals surface area contributed by atoms with Gasteiger partial charge in [-0.25, -0.2) is 4.39 Å². The molecule has 17 heavy (non-hydrogen) atoms. The molecule has 2 heterocycles. The van der Waals surface area contributed by atoms with E-state index in [0.717, 1.165) is 29.7 Å². The van der Waals surface area contributed by atoms with Crippen molar-refractivity contribution in [1.82, 2.24) is 0 Å². The quantitative estimate of drug-likeness (QED) is 0.803. The molecule has 0 bridgehead atoms. The lowest BCUT2D eigenvalue weighted by molar-refractivity contribution is 0.627. The maximum atomic E-state index is 13.3. The van der Waals surface area contributed by atoms with Crippen LogP contribution in [0.15, 0.2) is 34.1 Å². The summed E-state index contributed by atoms with van der Waals surface area (Å²) in [6.45, 7) is 1.83. The molecule has 0 radical (unpaired) electrons. The SMILES string of the molecule is Fc1ccc2c(c1)N(Cc1sccc1Br)CC2. The number of hydrogen-bond donors (Lipinski definition) is 0. The lowest BCUT2D eigenvalue weighted by atomic mass is 10.2. The molecule has 0 aliphatic carbocycles. The average Bonchev–Trinajstić information content (AvgIpc) is 2.88. The molecule has 0 fully saturated rings. The Hall–Kier alpha value is -0.870. The van der Waals surface area contributed by atoms with Gasteiger partial charge in [0.05, 0.1) is 6.54 Å². The number of hydrogen-bond acceptors (Lipinski definition) is 2. The second-order valence-corrected chi connectivity index (χ2v) is 5.99. The van der Waals surface area contributed by atoms with E-state index >= 15 is 0 Å². The zero-order valence-corrected chi connectivity index (χ0v) is 11.5. The number of anilines is 1. The fourth-order valence-corrected chi connectivity index (χ4v) is 3.69. The van der Waals surface area contributed by atoms with Crippen LogP contribution in [0.3, 0.4) is 0 Å². The standard InChI is InChI=1S/C13H11BrFNS/c14-11-4-6-17-13(11)8-16-5-3-9-1-2-10(15)7-12(9)16/h1-2,4,6-7H,3,5,8H2. The first-order valence-electron chi connectivity index (χ1n) is 5.49. The van der Waals surface area contributed by atoms with Gasteiger partial charge in [-0.2, -0.15) is 0 Å². The molecule has 2 aromatic rings. The Labute approximate surface area is 112 Å². The third-order valence-electron chi connectivity index (χ3n) is 3.06. The maximum Gasteiger partial charge on any atom is 0.125 e. The molecule has 0 amide bonds. The summed E-state index contributed by atoms with van der Waals surface area (Å²) in [6, 6.07) is 7.14. The van der Waals surface area contributed by atoms with Crippen LogP contribution in [0.1, 0.15) is 10.4 Å². The second-order valence-electron chi connectivity index (χ2n) is 4.14. The molecule has 0 atom stereocenters. The third-order valence-corrected chi connectivity index (χ3v) is 4.98. The smallest absolute Gasteiger partial charge is 0.125 e. The van der Waals surface area contributed by atoms with Crippen molar-refractivity contribution < 1.29 is 4.39 Å². The first-order chi connectivity index (χ1) is 8.24. The Bertz CT molecular complexity index is 552. The summed E-state index contributed by atoms with van der Waals surface area (Å²) >= 11 is 5.27. The minimum absolute atomic E-state index is 0.152. The Morgan fingerprint density at radius 1 is 1.35 bits per heavy atom. The van der Waals surface area contributed by atoms with E-state index in [1.54, 1.807) is 23.5 Å². The zero-order chi connectivity index (χ0) is 11.8. The van der Waals surface area contributed by atoms with Gasteiger partial charge < -0.3 is 4.90 Å². The minimum atomic E-state index is -0.152. The molecule has 0 saturated heterocycles. The summed E-state index contributed by atoms with van der Waals surface area (Å²) in [4.78, 5) is 3.54. The summed E-state index contributed by atoms with van der Waals surface area (Å²) < 4.78 is 14.4. The van der Waals surface area contributed by atoms with Crippen LogP contribution in [0.2, 0.25) is 0 Å². The van der Waals surface area contributed by atoms with Crippen molar-refractivity contribution in [2.45, 2.75) is 13.0 Å². The third kappa shape index (κ3) is 2.11. The van der Waals surface area contributed by atoms with Crippen LogP contribution in [0.5, 0.6) is 0 Å². The number of halogens is 2. The average molecular weight is 312 g/mol. The lowest BCUT2D eigenvalue weighted by Gasteiger charge is -2.18. The molecule has 1 aliphatic rings. The van der Waals surface area contributed by atoms with Crippen LogP contribution in [-0.4, -0.2) is 6.54 Å². The van der Waals surface area contributed by atoms with E-state index in [-0.39, 0.29) is 5.82 Å². The highest BCUT2D eigenvalue weighted by atomic mass is 79.9. The van der Waals surface area contributed by atoms with E-state index in [1.165, 1.54) is 10.4 Å². The summed E-state index contributed by atoms with van der Waals surface area (Å²) in [5.41, 5.74) is 2.30. The Kier molecular flexibility index (Phi) is 2.92. The van der Waals surface area contributed by atoms with Crippen molar-refractivity contribution in [3.05, 3.63) is 50.4 Å². The van der Waals surface area contributed by atoms with Crippen molar-refractivity contribution in [3.63, 3.8) is 0 Å². The summed E-state index contributed by atoms with van der Waals surface area (Å²) in [6.07, 6.45) is 1.01. The van der Waals surface area contributed by atoms with Crippen LogP contribution in [0.25, 0.3) is 0 Å². The number of rotatable bonds is 2. The molecular formula is C13H11BrFNS. The maximum absolute atomic E-state index is 13.3. The molecule has 4 heteroatoms. The fourth-order valence-electron chi connectivity index (χ4n) is 2.19. The van der Waals surface area contributed by atoms with Crippen molar-refractivity contribution >= 4 is 33.0 Å². The number of fused-ring (bicyclic) bond motifs is 1. The fraction of sp³-hybridized carbons (Fsp3) is 0.231. The van der Waals surface area contributed by atoms with Crippen LogP contribution in [0, 0.1) is 5.82 Å². The number of nitrogens with zero attached hydrogens (tertiary/aromatic N) is 1. The van der Waals surface area contributed by atoms with Gasteiger partial charge in [-0.15, -0.1) is 11.3 Å². The van der Waals surface area contributed by atoms with Crippen molar-refractivity contribution in [3.8, 4) is 0 Å².